The zero-order valence-corrected chi connectivity index (χ0v) is 16.4. The third-order valence-corrected chi connectivity index (χ3v) is 5.06. The first-order valence-corrected chi connectivity index (χ1v) is 9.51. The molecule has 0 saturated heterocycles. The van der Waals surface area contributed by atoms with Crippen molar-refractivity contribution < 1.29 is 22.7 Å². The van der Waals surface area contributed by atoms with Gasteiger partial charge in [-0.1, -0.05) is 23.5 Å². The lowest BCUT2D eigenvalue weighted by Crippen LogP contribution is -2.27. The van der Waals surface area contributed by atoms with Crippen molar-refractivity contribution in [2.75, 3.05) is 0 Å². The van der Waals surface area contributed by atoms with E-state index in [1.54, 1.807) is 24.3 Å². The molecule has 1 aromatic heterocycles. The average molecular weight is 432 g/mol. The van der Waals surface area contributed by atoms with Crippen LogP contribution in [0.5, 0.6) is 5.75 Å². The molecule has 0 spiro atoms. The molecule has 30 heavy (non-hydrogen) atoms. The molecule has 0 saturated carbocycles. The maximum atomic E-state index is 12.3. The molecule has 3 aromatic rings. The van der Waals surface area contributed by atoms with Crippen LogP contribution in [-0.2, 0) is 11.2 Å². The Morgan fingerprint density at radius 1 is 1.17 bits per heavy atom. The number of benzene rings is 2. The van der Waals surface area contributed by atoms with Crippen molar-refractivity contribution in [3.8, 4) is 22.4 Å². The highest BCUT2D eigenvalue weighted by Crippen LogP contribution is 2.31. The number of nitriles is 1. The summed E-state index contributed by atoms with van der Waals surface area (Å²) in [5.74, 6) is -0.563. The van der Waals surface area contributed by atoms with E-state index in [2.05, 4.69) is 20.3 Å². The topological polar surface area (TPSA) is 87.9 Å². The number of nitrogens with one attached hydrogen (secondary N) is 1. The Morgan fingerprint density at radius 3 is 2.40 bits per heavy atom. The number of hydrogen-bond acceptors (Lipinski definition) is 6. The Hall–Kier alpha value is -3.45. The fourth-order valence-electron chi connectivity index (χ4n) is 2.69. The van der Waals surface area contributed by atoms with Gasteiger partial charge in [-0.2, -0.15) is 5.26 Å². The largest absolute Gasteiger partial charge is 0.573 e. The molecule has 6 nitrogen and oxygen atoms in total. The maximum Gasteiger partial charge on any atom is 0.573 e. The smallest absolute Gasteiger partial charge is 0.406 e. The first-order valence-electron chi connectivity index (χ1n) is 8.69. The molecule has 0 fully saturated rings. The summed E-state index contributed by atoms with van der Waals surface area (Å²) in [6.07, 6.45) is -4.31. The van der Waals surface area contributed by atoms with E-state index in [4.69, 9.17) is 5.26 Å². The SMILES string of the molecule is CC(=O)NC(Cc1ccc(C#N)cc1)c1nnc(-c2ccc(OC(F)(F)F)cc2)s1. The van der Waals surface area contributed by atoms with Crippen molar-refractivity contribution in [2.45, 2.75) is 25.7 Å². The van der Waals surface area contributed by atoms with Crippen molar-refractivity contribution in [3.63, 3.8) is 0 Å². The fourth-order valence-corrected chi connectivity index (χ4v) is 3.59. The second-order valence-corrected chi connectivity index (χ2v) is 7.29. The number of hydrogen-bond donors (Lipinski definition) is 1. The molecule has 0 aliphatic carbocycles. The lowest BCUT2D eigenvalue weighted by Gasteiger charge is -2.15. The van der Waals surface area contributed by atoms with Crippen LogP contribution in [0.2, 0.25) is 0 Å². The first kappa shape index (κ1) is 21.3. The first-order chi connectivity index (χ1) is 14.2. The summed E-state index contributed by atoms with van der Waals surface area (Å²) in [5.41, 5.74) is 2.01. The minimum absolute atomic E-state index is 0.237. The molecule has 1 unspecified atom stereocenters. The molecule has 0 bridgehead atoms. The van der Waals surface area contributed by atoms with E-state index in [0.717, 1.165) is 5.56 Å². The van der Waals surface area contributed by atoms with E-state index in [-0.39, 0.29) is 11.7 Å². The number of carbonyl (C=O) groups is 1. The second-order valence-electron chi connectivity index (χ2n) is 6.28. The molecule has 1 heterocycles. The summed E-state index contributed by atoms with van der Waals surface area (Å²) in [4.78, 5) is 11.6. The van der Waals surface area contributed by atoms with Gasteiger partial charge in [-0.3, -0.25) is 4.79 Å². The van der Waals surface area contributed by atoms with Crippen molar-refractivity contribution in [3.05, 3.63) is 64.7 Å². The van der Waals surface area contributed by atoms with Gasteiger partial charge in [0.1, 0.15) is 15.8 Å². The van der Waals surface area contributed by atoms with Crippen molar-refractivity contribution >= 4 is 17.2 Å². The second kappa shape index (κ2) is 8.92. The van der Waals surface area contributed by atoms with Gasteiger partial charge in [0.15, 0.2) is 0 Å². The highest BCUT2D eigenvalue weighted by molar-refractivity contribution is 7.14. The number of aromatic nitrogens is 2. The molecule has 0 radical (unpaired) electrons. The number of carbonyl (C=O) groups excluding carboxylic acids is 1. The standard InChI is InChI=1S/C20H15F3N4O2S/c1-12(28)25-17(10-13-2-4-14(11-24)5-3-13)19-27-26-18(30-19)15-6-8-16(9-7-15)29-20(21,22)23/h2-9,17H,10H2,1H3,(H,25,28). The van der Waals surface area contributed by atoms with Gasteiger partial charge in [-0.15, -0.1) is 23.4 Å². The predicted molar refractivity (Wildman–Crippen MR) is 103 cm³/mol. The van der Waals surface area contributed by atoms with Crippen molar-refractivity contribution in [1.82, 2.24) is 15.5 Å². The van der Waals surface area contributed by atoms with E-state index in [1.165, 1.54) is 42.5 Å². The lowest BCUT2D eigenvalue weighted by atomic mass is 10.0. The molecule has 1 amide bonds. The summed E-state index contributed by atoms with van der Waals surface area (Å²) >= 11 is 1.23. The van der Waals surface area contributed by atoms with E-state index < -0.39 is 12.4 Å². The van der Waals surface area contributed by atoms with Gasteiger partial charge in [-0.25, -0.2) is 0 Å². The van der Waals surface area contributed by atoms with Crippen LogP contribution in [-0.4, -0.2) is 22.5 Å². The molecular formula is C20H15F3N4O2S. The van der Waals surface area contributed by atoms with Gasteiger partial charge >= 0.3 is 6.36 Å². The number of ether oxygens (including phenoxy) is 1. The summed E-state index contributed by atoms with van der Waals surface area (Å²) in [7, 11) is 0. The van der Waals surface area contributed by atoms with E-state index in [0.29, 0.717) is 27.6 Å². The average Bonchev–Trinajstić information content (AvgIpc) is 3.17. The lowest BCUT2D eigenvalue weighted by molar-refractivity contribution is -0.274. The molecule has 2 aromatic carbocycles. The van der Waals surface area contributed by atoms with Gasteiger partial charge in [0.2, 0.25) is 5.91 Å². The van der Waals surface area contributed by atoms with Crippen LogP contribution in [0.25, 0.3) is 10.6 Å². The number of amides is 1. The van der Waals surface area contributed by atoms with Crippen LogP contribution in [0.1, 0.15) is 29.1 Å². The Bertz CT molecular complexity index is 1060. The highest BCUT2D eigenvalue weighted by atomic mass is 32.1. The number of alkyl halides is 3. The Balaban J connectivity index is 1.79. The fraction of sp³-hybridized carbons (Fsp3) is 0.200. The summed E-state index contributed by atoms with van der Waals surface area (Å²) in [6.45, 7) is 1.40. The third-order valence-electron chi connectivity index (χ3n) is 3.97. The molecule has 3 rings (SSSR count). The molecule has 10 heteroatoms. The molecule has 0 aliphatic rings. The van der Waals surface area contributed by atoms with Crippen molar-refractivity contribution in [2.24, 2.45) is 0 Å². The Morgan fingerprint density at radius 2 is 1.83 bits per heavy atom. The quantitative estimate of drug-likeness (QED) is 0.624. The van der Waals surface area contributed by atoms with Crippen LogP contribution >= 0.6 is 11.3 Å². The predicted octanol–water partition coefficient (Wildman–Crippen LogP) is 4.40. The van der Waals surface area contributed by atoms with Gasteiger partial charge < -0.3 is 10.1 Å². The number of nitrogens with zero attached hydrogens (tertiary/aromatic N) is 3. The zero-order chi connectivity index (χ0) is 21.7. The monoisotopic (exact) mass is 432 g/mol. The summed E-state index contributed by atoms with van der Waals surface area (Å²) in [6, 6.07) is 13.9. The molecular weight excluding hydrogens is 417 g/mol. The van der Waals surface area contributed by atoms with Crippen LogP contribution in [0.3, 0.4) is 0 Å². The molecule has 154 valence electrons. The van der Waals surface area contributed by atoms with Gasteiger partial charge in [0.25, 0.3) is 0 Å². The van der Waals surface area contributed by atoms with Crippen molar-refractivity contribution in [1.29, 1.82) is 5.26 Å². The Labute approximate surface area is 173 Å². The maximum absolute atomic E-state index is 12.3. The minimum Gasteiger partial charge on any atom is -0.406 e. The molecule has 1 atom stereocenters. The zero-order valence-electron chi connectivity index (χ0n) is 15.6. The van der Waals surface area contributed by atoms with E-state index in [9.17, 15) is 18.0 Å². The van der Waals surface area contributed by atoms with Crippen LogP contribution < -0.4 is 10.1 Å². The molecule has 0 aliphatic heterocycles. The number of halogens is 3. The summed E-state index contributed by atoms with van der Waals surface area (Å²) < 4.78 is 40.7. The summed E-state index contributed by atoms with van der Waals surface area (Å²) in [5, 5.41) is 21.0. The Kier molecular flexibility index (Phi) is 6.32. The molecule has 1 N–H and O–H groups in total. The van der Waals surface area contributed by atoms with Gasteiger partial charge in [0.05, 0.1) is 17.7 Å². The highest BCUT2D eigenvalue weighted by Gasteiger charge is 2.31. The number of rotatable bonds is 6. The third kappa shape index (κ3) is 5.78. The van der Waals surface area contributed by atoms with Gasteiger partial charge in [0, 0.05) is 12.5 Å². The van der Waals surface area contributed by atoms with E-state index >= 15 is 0 Å². The van der Waals surface area contributed by atoms with Crippen LogP contribution in [0, 0.1) is 11.3 Å². The normalized spacial score (nSPS) is 12.1. The minimum atomic E-state index is -4.76. The van der Waals surface area contributed by atoms with E-state index in [1.807, 2.05) is 6.07 Å². The van der Waals surface area contributed by atoms with Gasteiger partial charge in [-0.05, 0) is 48.4 Å². The van der Waals surface area contributed by atoms with Crippen LogP contribution in [0.15, 0.2) is 48.5 Å². The van der Waals surface area contributed by atoms with Crippen LogP contribution in [0.4, 0.5) is 13.2 Å².